The van der Waals surface area contributed by atoms with E-state index in [1.807, 2.05) is 18.2 Å². The zero-order valence-corrected chi connectivity index (χ0v) is 18.3. The lowest BCUT2D eigenvalue weighted by molar-refractivity contribution is -0.132. The molecule has 31 heavy (non-hydrogen) atoms. The number of furan rings is 1. The summed E-state index contributed by atoms with van der Waals surface area (Å²) in [5.41, 5.74) is 1.33. The van der Waals surface area contributed by atoms with Gasteiger partial charge in [-0.05, 0) is 48.7 Å². The van der Waals surface area contributed by atoms with Gasteiger partial charge in [0.15, 0.2) is 11.5 Å². The summed E-state index contributed by atoms with van der Waals surface area (Å²) in [6.45, 7) is 0. The number of hydrogen-bond acceptors (Lipinski definition) is 5. The van der Waals surface area contributed by atoms with Gasteiger partial charge in [-0.1, -0.05) is 41.3 Å². The van der Waals surface area contributed by atoms with Gasteiger partial charge in [0.1, 0.15) is 5.58 Å². The van der Waals surface area contributed by atoms with Crippen LogP contribution in [0.3, 0.4) is 0 Å². The van der Waals surface area contributed by atoms with E-state index >= 15 is 0 Å². The molecule has 3 aromatic rings. The first kappa shape index (κ1) is 20.0. The summed E-state index contributed by atoms with van der Waals surface area (Å²) in [7, 11) is 0. The second kappa shape index (κ2) is 7.96. The minimum absolute atomic E-state index is 0.0227. The van der Waals surface area contributed by atoms with Crippen LogP contribution in [-0.2, 0) is 4.79 Å². The molecule has 0 spiro atoms. The summed E-state index contributed by atoms with van der Waals surface area (Å²) in [4.78, 5) is 32.6. The number of benzene rings is 1. The van der Waals surface area contributed by atoms with E-state index in [0.29, 0.717) is 11.1 Å². The summed E-state index contributed by atoms with van der Waals surface area (Å²) in [5, 5.41) is 11.6. The summed E-state index contributed by atoms with van der Waals surface area (Å²) in [6, 6.07) is 10.0. The molecule has 6 nitrogen and oxygen atoms in total. The topological polar surface area (TPSA) is 83.6 Å². The first-order chi connectivity index (χ1) is 15.0. The van der Waals surface area contributed by atoms with Crippen molar-refractivity contribution in [3.8, 4) is 0 Å². The molecule has 1 amide bonds. The maximum atomic E-state index is 13.5. The van der Waals surface area contributed by atoms with Crippen LogP contribution in [0.25, 0.3) is 11.0 Å². The summed E-state index contributed by atoms with van der Waals surface area (Å²) >= 11 is 3.42. The predicted octanol–water partition coefficient (Wildman–Crippen LogP) is 5.50. The van der Waals surface area contributed by atoms with Crippen molar-refractivity contribution in [1.82, 2.24) is 9.88 Å². The van der Waals surface area contributed by atoms with Gasteiger partial charge >= 0.3 is 0 Å². The molecule has 1 aliphatic carbocycles. The van der Waals surface area contributed by atoms with Crippen molar-refractivity contribution in [3.05, 3.63) is 75.9 Å². The molecule has 5 rings (SSSR count). The quantitative estimate of drug-likeness (QED) is 0.498. The van der Waals surface area contributed by atoms with Crippen LogP contribution in [0.4, 0.5) is 0 Å². The second-order valence-electron chi connectivity index (χ2n) is 8.08. The molecular formula is C24H21BrN2O4. The minimum atomic E-state index is -0.684. The Morgan fingerprint density at radius 3 is 2.71 bits per heavy atom. The van der Waals surface area contributed by atoms with Gasteiger partial charge in [-0.3, -0.25) is 14.6 Å². The highest BCUT2D eigenvalue weighted by molar-refractivity contribution is 9.10. The Labute approximate surface area is 187 Å². The number of rotatable bonds is 4. The summed E-state index contributed by atoms with van der Waals surface area (Å²) < 4.78 is 6.65. The average molecular weight is 481 g/mol. The lowest BCUT2D eigenvalue weighted by Gasteiger charge is -2.36. The first-order valence-electron chi connectivity index (χ1n) is 10.4. The fraction of sp³-hybridized carbons (Fsp3) is 0.292. The number of aliphatic hydroxyl groups excluding tert-OH is 1. The standard InChI is InChI=1S/C24H21BrN2O4/c25-16-8-9-18-15(11-16)12-19(31-18)22(28)20-21(14-5-4-10-26-13-14)27(24(30)23(20)29)17-6-2-1-3-7-17/h4-5,8-13,17,21,29H,1-3,6-7H2. The lowest BCUT2D eigenvalue weighted by Crippen LogP contribution is -2.41. The van der Waals surface area contributed by atoms with Crippen LogP contribution in [-0.4, -0.2) is 32.7 Å². The van der Waals surface area contributed by atoms with Gasteiger partial charge in [-0.2, -0.15) is 0 Å². The highest BCUT2D eigenvalue weighted by atomic mass is 79.9. The Kier molecular flexibility index (Phi) is 5.14. The van der Waals surface area contributed by atoms with Gasteiger partial charge in [-0.25, -0.2) is 0 Å². The second-order valence-corrected chi connectivity index (χ2v) is 8.99. The molecule has 1 fully saturated rings. The highest BCUT2D eigenvalue weighted by Crippen LogP contribution is 2.43. The number of aromatic nitrogens is 1. The number of hydrogen-bond donors (Lipinski definition) is 1. The van der Waals surface area contributed by atoms with Crippen LogP contribution in [0.15, 0.2) is 69.0 Å². The smallest absolute Gasteiger partial charge is 0.290 e. The van der Waals surface area contributed by atoms with E-state index in [2.05, 4.69) is 20.9 Å². The molecule has 0 radical (unpaired) electrons. The van der Waals surface area contributed by atoms with Gasteiger partial charge < -0.3 is 14.4 Å². The third-order valence-electron chi connectivity index (χ3n) is 6.16. The Bertz CT molecular complexity index is 1190. The van der Waals surface area contributed by atoms with Crippen molar-refractivity contribution in [2.75, 3.05) is 0 Å². The zero-order chi connectivity index (χ0) is 21.5. The molecule has 0 bridgehead atoms. The molecule has 1 unspecified atom stereocenters. The molecule has 7 heteroatoms. The van der Waals surface area contributed by atoms with Crippen molar-refractivity contribution in [3.63, 3.8) is 0 Å². The molecule has 1 atom stereocenters. The molecule has 1 saturated carbocycles. The van der Waals surface area contributed by atoms with Crippen LogP contribution in [0, 0.1) is 0 Å². The van der Waals surface area contributed by atoms with E-state index in [4.69, 9.17) is 4.42 Å². The van der Waals surface area contributed by atoms with Gasteiger partial charge in [0, 0.05) is 28.3 Å². The number of aliphatic hydroxyl groups is 1. The molecule has 2 aromatic heterocycles. The SMILES string of the molecule is O=C(C1=C(O)C(=O)N(C2CCCCC2)C1c1cccnc1)c1cc2cc(Br)ccc2o1. The van der Waals surface area contributed by atoms with Crippen LogP contribution in [0.2, 0.25) is 0 Å². The van der Waals surface area contributed by atoms with Crippen LogP contribution in [0.1, 0.15) is 54.3 Å². The average Bonchev–Trinajstić information content (AvgIpc) is 3.33. The van der Waals surface area contributed by atoms with Crippen molar-refractivity contribution in [1.29, 1.82) is 0 Å². The number of pyridine rings is 1. The van der Waals surface area contributed by atoms with Crippen molar-refractivity contribution in [2.24, 2.45) is 0 Å². The maximum Gasteiger partial charge on any atom is 0.290 e. The Balaban J connectivity index is 1.60. The Morgan fingerprint density at radius 2 is 1.97 bits per heavy atom. The Hall–Kier alpha value is -2.93. The van der Waals surface area contributed by atoms with Gasteiger partial charge in [0.05, 0.1) is 11.6 Å². The van der Waals surface area contributed by atoms with E-state index in [0.717, 1.165) is 42.0 Å². The summed E-state index contributed by atoms with van der Waals surface area (Å²) in [6.07, 6.45) is 8.19. The molecule has 2 aliphatic rings. The number of carbonyl (C=O) groups excluding carboxylic acids is 2. The number of ketones is 1. The minimum Gasteiger partial charge on any atom is -0.503 e. The highest BCUT2D eigenvalue weighted by Gasteiger charge is 2.47. The largest absolute Gasteiger partial charge is 0.503 e. The monoisotopic (exact) mass is 480 g/mol. The van der Waals surface area contributed by atoms with E-state index in [9.17, 15) is 14.7 Å². The molecule has 1 aromatic carbocycles. The fourth-order valence-corrected chi connectivity index (χ4v) is 5.09. The third kappa shape index (κ3) is 3.47. The van der Waals surface area contributed by atoms with Crippen LogP contribution in [0.5, 0.6) is 0 Å². The van der Waals surface area contributed by atoms with Gasteiger partial charge in [-0.15, -0.1) is 0 Å². The molecule has 3 heterocycles. The number of amides is 1. The lowest BCUT2D eigenvalue weighted by atomic mass is 9.90. The van der Waals surface area contributed by atoms with Crippen molar-refractivity contribution in [2.45, 2.75) is 44.2 Å². The maximum absolute atomic E-state index is 13.5. The third-order valence-corrected chi connectivity index (χ3v) is 6.65. The number of halogens is 1. The molecular weight excluding hydrogens is 460 g/mol. The van der Waals surface area contributed by atoms with Crippen molar-refractivity contribution < 1.29 is 19.1 Å². The summed E-state index contributed by atoms with van der Waals surface area (Å²) in [5.74, 6) is -1.37. The Morgan fingerprint density at radius 1 is 1.16 bits per heavy atom. The van der Waals surface area contributed by atoms with Crippen LogP contribution < -0.4 is 0 Å². The number of nitrogens with zero attached hydrogens (tertiary/aromatic N) is 2. The number of fused-ring (bicyclic) bond motifs is 1. The predicted molar refractivity (Wildman–Crippen MR) is 119 cm³/mol. The van der Waals surface area contributed by atoms with E-state index in [1.165, 1.54) is 0 Å². The zero-order valence-electron chi connectivity index (χ0n) is 16.8. The molecule has 158 valence electrons. The molecule has 1 aliphatic heterocycles. The molecule has 0 saturated heterocycles. The van der Waals surface area contributed by atoms with Gasteiger partial charge in [0.2, 0.25) is 5.78 Å². The fourth-order valence-electron chi connectivity index (χ4n) is 4.71. The first-order valence-corrected chi connectivity index (χ1v) is 11.2. The van der Waals surface area contributed by atoms with Gasteiger partial charge in [0.25, 0.3) is 5.91 Å². The normalized spacial score (nSPS) is 20.1. The van der Waals surface area contributed by atoms with Crippen molar-refractivity contribution >= 4 is 38.6 Å². The number of carbonyl (C=O) groups is 2. The number of Topliss-reactive ketones (excluding diaryl/α,β-unsaturated/α-hetero) is 1. The van der Waals surface area contributed by atoms with E-state index in [1.54, 1.807) is 35.5 Å². The van der Waals surface area contributed by atoms with E-state index in [-0.39, 0.29) is 17.4 Å². The molecule has 1 N–H and O–H groups in total. The van der Waals surface area contributed by atoms with Crippen LogP contribution >= 0.6 is 15.9 Å². The van der Waals surface area contributed by atoms with E-state index < -0.39 is 23.5 Å².